The molecule has 3 heteroatoms. The van der Waals surface area contributed by atoms with Crippen molar-refractivity contribution in [1.29, 1.82) is 0 Å². The van der Waals surface area contributed by atoms with Crippen LogP contribution < -0.4 is 5.73 Å². The minimum absolute atomic E-state index is 0.0684. The van der Waals surface area contributed by atoms with E-state index in [-0.39, 0.29) is 6.04 Å². The predicted molar refractivity (Wildman–Crippen MR) is 91.5 cm³/mol. The van der Waals surface area contributed by atoms with Crippen molar-refractivity contribution >= 4 is 21.4 Å². The number of hydrogen-bond acceptors (Lipinski definition) is 3. The molecule has 1 atom stereocenters. The summed E-state index contributed by atoms with van der Waals surface area (Å²) >= 11 is 1.82. The number of nitrogens with two attached hydrogens (primary N) is 1. The molecule has 0 saturated heterocycles. The maximum Gasteiger partial charge on any atom is 0.0359 e. The van der Waals surface area contributed by atoms with Crippen LogP contribution in [-0.4, -0.2) is 4.98 Å². The van der Waals surface area contributed by atoms with Crippen LogP contribution in [0.4, 0.5) is 0 Å². The van der Waals surface area contributed by atoms with Gasteiger partial charge >= 0.3 is 0 Å². The first-order valence-electron chi connectivity index (χ1n) is 7.48. The van der Waals surface area contributed by atoms with Gasteiger partial charge in [-0.3, -0.25) is 4.98 Å². The van der Waals surface area contributed by atoms with Crippen LogP contribution in [0.2, 0.25) is 0 Å². The van der Waals surface area contributed by atoms with Crippen molar-refractivity contribution in [2.45, 2.75) is 32.2 Å². The lowest BCUT2D eigenvalue weighted by atomic mass is 9.98. The number of aromatic nitrogens is 1. The Kier molecular flexibility index (Phi) is 4.32. The highest BCUT2D eigenvalue weighted by atomic mass is 32.1. The molecule has 0 unspecified atom stereocenters. The van der Waals surface area contributed by atoms with Crippen LogP contribution in [0.1, 0.15) is 37.8 Å². The summed E-state index contributed by atoms with van der Waals surface area (Å²) in [5.74, 6) is 0. The van der Waals surface area contributed by atoms with E-state index in [4.69, 9.17) is 5.73 Å². The molecule has 0 amide bonds. The van der Waals surface area contributed by atoms with Crippen molar-refractivity contribution in [3.63, 3.8) is 0 Å². The zero-order valence-electron chi connectivity index (χ0n) is 12.3. The number of thiophene rings is 1. The summed E-state index contributed by atoms with van der Waals surface area (Å²) in [6.45, 7) is 2.20. The Morgan fingerprint density at radius 3 is 2.90 bits per heavy atom. The minimum Gasteiger partial charge on any atom is -0.324 e. The van der Waals surface area contributed by atoms with E-state index in [0.29, 0.717) is 0 Å². The molecule has 108 valence electrons. The summed E-state index contributed by atoms with van der Waals surface area (Å²) < 4.78 is 1.32. The summed E-state index contributed by atoms with van der Waals surface area (Å²) in [6.07, 6.45) is 7.13. The second-order valence-corrected chi connectivity index (χ2v) is 6.44. The van der Waals surface area contributed by atoms with Gasteiger partial charge in [0.05, 0.1) is 0 Å². The van der Waals surface area contributed by atoms with Gasteiger partial charge in [0, 0.05) is 28.0 Å². The number of pyridine rings is 1. The van der Waals surface area contributed by atoms with Gasteiger partial charge in [0.2, 0.25) is 0 Å². The average Bonchev–Trinajstić information content (AvgIpc) is 2.96. The number of rotatable bonds is 5. The number of fused-ring (bicyclic) bond motifs is 1. The molecule has 0 fully saturated rings. The van der Waals surface area contributed by atoms with Crippen LogP contribution >= 0.6 is 11.3 Å². The van der Waals surface area contributed by atoms with E-state index in [2.05, 4.69) is 48.3 Å². The molecule has 0 aliphatic carbocycles. The molecule has 3 rings (SSSR count). The first-order valence-corrected chi connectivity index (χ1v) is 8.29. The summed E-state index contributed by atoms with van der Waals surface area (Å²) in [7, 11) is 0. The highest BCUT2D eigenvalue weighted by molar-refractivity contribution is 7.22. The molecule has 0 saturated carbocycles. The second-order valence-electron chi connectivity index (χ2n) is 5.36. The largest absolute Gasteiger partial charge is 0.324 e. The van der Waals surface area contributed by atoms with Crippen LogP contribution in [0, 0.1) is 0 Å². The van der Waals surface area contributed by atoms with Crippen LogP contribution in [-0.2, 0) is 0 Å². The lowest BCUT2D eigenvalue weighted by molar-refractivity contribution is 0.603. The Hall–Kier alpha value is -1.71. The highest BCUT2D eigenvalue weighted by Crippen LogP contribution is 2.36. The maximum absolute atomic E-state index is 6.38. The van der Waals surface area contributed by atoms with E-state index in [1.54, 1.807) is 0 Å². The number of benzene rings is 1. The highest BCUT2D eigenvalue weighted by Gasteiger charge is 2.14. The van der Waals surface area contributed by atoms with Gasteiger partial charge in [-0.25, -0.2) is 0 Å². The SMILES string of the molecule is CCCC[C@H](N)c1cnccc1-c1cc2ccccc2s1. The first-order chi connectivity index (χ1) is 10.3. The minimum atomic E-state index is 0.0684. The lowest BCUT2D eigenvalue weighted by Gasteiger charge is -2.14. The third kappa shape index (κ3) is 2.99. The van der Waals surface area contributed by atoms with Crippen LogP contribution in [0.5, 0.6) is 0 Å². The van der Waals surface area contributed by atoms with Crippen molar-refractivity contribution in [2.24, 2.45) is 5.73 Å². The number of unbranched alkanes of at least 4 members (excludes halogenated alkanes) is 1. The molecule has 0 radical (unpaired) electrons. The Morgan fingerprint density at radius 1 is 1.24 bits per heavy atom. The van der Waals surface area contributed by atoms with Gasteiger partial charge in [0.15, 0.2) is 0 Å². The summed E-state index contributed by atoms with van der Waals surface area (Å²) in [6, 6.07) is 12.9. The molecule has 21 heavy (non-hydrogen) atoms. The molecule has 0 aliphatic rings. The quantitative estimate of drug-likeness (QED) is 0.707. The summed E-state index contributed by atoms with van der Waals surface area (Å²) in [5.41, 5.74) is 8.77. The molecule has 2 nitrogen and oxygen atoms in total. The third-order valence-corrected chi connectivity index (χ3v) is 4.96. The van der Waals surface area contributed by atoms with Crippen molar-refractivity contribution in [2.75, 3.05) is 0 Å². The lowest BCUT2D eigenvalue weighted by Crippen LogP contribution is -2.11. The second kappa shape index (κ2) is 6.37. The van der Waals surface area contributed by atoms with E-state index in [9.17, 15) is 0 Å². The standard InChI is InChI=1S/C18H20N2S/c1-2-3-7-16(19)15-12-20-10-9-14(15)18-11-13-6-4-5-8-17(13)21-18/h4-6,8-12,16H,2-3,7,19H2,1H3/t16-/m0/s1. The van der Waals surface area contributed by atoms with E-state index < -0.39 is 0 Å². The monoisotopic (exact) mass is 296 g/mol. The van der Waals surface area contributed by atoms with Crippen LogP contribution in [0.3, 0.4) is 0 Å². The van der Waals surface area contributed by atoms with Crippen molar-refractivity contribution < 1.29 is 0 Å². The van der Waals surface area contributed by atoms with Crippen molar-refractivity contribution in [3.8, 4) is 10.4 Å². The Bertz CT molecular complexity index is 700. The third-order valence-electron chi connectivity index (χ3n) is 3.81. The molecule has 2 aromatic heterocycles. The zero-order chi connectivity index (χ0) is 14.7. The number of nitrogens with zero attached hydrogens (tertiary/aromatic N) is 1. The molecule has 0 spiro atoms. The number of hydrogen-bond donors (Lipinski definition) is 1. The van der Waals surface area contributed by atoms with Gasteiger partial charge in [-0.15, -0.1) is 11.3 Å². The fourth-order valence-electron chi connectivity index (χ4n) is 2.62. The summed E-state index contributed by atoms with van der Waals surface area (Å²) in [5, 5.41) is 1.29. The Balaban J connectivity index is 2.01. The predicted octanol–water partition coefficient (Wildman–Crippen LogP) is 5.15. The van der Waals surface area contributed by atoms with Crippen LogP contribution in [0.25, 0.3) is 20.5 Å². The molecule has 3 aromatic rings. The van der Waals surface area contributed by atoms with Crippen LogP contribution in [0.15, 0.2) is 48.8 Å². The molecule has 0 aliphatic heterocycles. The Labute approximate surface area is 129 Å². The Morgan fingerprint density at radius 2 is 2.10 bits per heavy atom. The van der Waals surface area contributed by atoms with Crippen molar-refractivity contribution in [3.05, 3.63) is 54.4 Å². The van der Waals surface area contributed by atoms with Gasteiger partial charge in [0.25, 0.3) is 0 Å². The summed E-state index contributed by atoms with van der Waals surface area (Å²) in [4.78, 5) is 5.56. The van der Waals surface area contributed by atoms with Gasteiger partial charge < -0.3 is 5.73 Å². The topological polar surface area (TPSA) is 38.9 Å². The first kappa shape index (κ1) is 14.2. The molecule has 2 N–H and O–H groups in total. The fraction of sp³-hybridized carbons (Fsp3) is 0.278. The molecule has 1 aromatic carbocycles. The normalized spacial score (nSPS) is 12.7. The van der Waals surface area contributed by atoms with E-state index in [1.165, 1.54) is 26.9 Å². The van der Waals surface area contributed by atoms with E-state index in [1.807, 2.05) is 23.7 Å². The van der Waals surface area contributed by atoms with Gasteiger partial charge in [-0.1, -0.05) is 38.0 Å². The van der Waals surface area contributed by atoms with Crippen molar-refractivity contribution in [1.82, 2.24) is 4.98 Å². The van der Waals surface area contributed by atoms with Gasteiger partial charge in [0.1, 0.15) is 0 Å². The fourth-order valence-corrected chi connectivity index (χ4v) is 3.73. The molecular weight excluding hydrogens is 276 g/mol. The zero-order valence-corrected chi connectivity index (χ0v) is 13.1. The molecule has 0 bridgehead atoms. The van der Waals surface area contributed by atoms with Gasteiger partial charge in [-0.2, -0.15) is 0 Å². The smallest absolute Gasteiger partial charge is 0.0359 e. The van der Waals surface area contributed by atoms with E-state index in [0.717, 1.165) is 18.4 Å². The van der Waals surface area contributed by atoms with E-state index >= 15 is 0 Å². The maximum atomic E-state index is 6.38. The molecule has 2 heterocycles. The molecular formula is C18H20N2S. The average molecular weight is 296 g/mol. The van der Waals surface area contributed by atoms with Gasteiger partial charge in [-0.05, 0) is 41.1 Å².